The molecule has 1 rings (SSSR count). The van der Waals surface area contributed by atoms with Crippen LogP contribution in [0.2, 0.25) is 0 Å². The molecular weight excluding hydrogens is 148 g/mol. The highest BCUT2D eigenvalue weighted by molar-refractivity contribution is 5.27. The predicted octanol–water partition coefficient (Wildman–Crippen LogP) is 2.25. The van der Waals surface area contributed by atoms with E-state index in [1.807, 2.05) is 24.3 Å². The van der Waals surface area contributed by atoms with Gasteiger partial charge in [0.1, 0.15) is 0 Å². The predicted molar refractivity (Wildman–Crippen MR) is 47.0 cm³/mol. The smallest absolute Gasteiger partial charge is 0.0991 e. The highest BCUT2D eigenvalue weighted by Gasteiger charge is 1.79. The fourth-order valence-electron chi connectivity index (χ4n) is 0.513. The minimum atomic E-state index is 0.715. The largest absolute Gasteiger partial charge is 0.193 e. The molecule has 58 valence electrons. The highest BCUT2D eigenvalue weighted by Crippen LogP contribution is 1.92. The lowest BCUT2D eigenvalue weighted by atomic mass is 10.2. The van der Waals surface area contributed by atoms with Crippen LogP contribution in [0.4, 0.5) is 0 Å². The Morgan fingerprint density at radius 2 is 1.67 bits per heavy atom. The molecule has 0 aliphatic carbocycles. The zero-order chi connectivity index (χ0) is 9.23. The zero-order valence-electron chi connectivity index (χ0n) is 6.57. The van der Waals surface area contributed by atoms with Crippen LogP contribution in [0.1, 0.15) is 5.56 Å². The van der Waals surface area contributed by atoms with Gasteiger partial charge in [-0.1, -0.05) is 24.8 Å². The molecule has 0 aliphatic heterocycles. The lowest BCUT2D eigenvalue weighted by Crippen LogP contribution is -1.66. The molecule has 1 aromatic rings. The summed E-state index contributed by atoms with van der Waals surface area (Å²) in [4.78, 5) is 0. The lowest BCUT2D eigenvalue weighted by molar-refractivity contribution is 1.49. The van der Waals surface area contributed by atoms with Gasteiger partial charge in [0.25, 0.3) is 0 Å². The SMILES string of the molecule is C=CC#N.N#Cc1ccccc1. The van der Waals surface area contributed by atoms with E-state index < -0.39 is 0 Å². The summed E-state index contributed by atoms with van der Waals surface area (Å²) in [6.07, 6.45) is 1.18. The quantitative estimate of drug-likeness (QED) is 0.541. The van der Waals surface area contributed by atoms with E-state index in [0.29, 0.717) is 5.56 Å². The van der Waals surface area contributed by atoms with Gasteiger partial charge in [-0.15, -0.1) is 0 Å². The van der Waals surface area contributed by atoms with E-state index in [1.165, 1.54) is 6.08 Å². The minimum Gasteiger partial charge on any atom is -0.193 e. The van der Waals surface area contributed by atoms with Crippen LogP contribution in [0.5, 0.6) is 0 Å². The van der Waals surface area contributed by atoms with Crippen LogP contribution in [-0.2, 0) is 0 Å². The summed E-state index contributed by atoms with van der Waals surface area (Å²) in [7, 11) is 0. The molecule has 0 aliphatic rings. The van der Waals surface area contributed by atoms with Crippen molar-refractivity contribution >= 4 is 0 Å². The van der Waals surface area contributed by atoms with E-state index in [-0.39, 0.29) is 0 Å². The summed E-state index contributed by atoms with van der Waals surface area (Å²) in [5, 5.41) is 15.8. The average Bonchev–Trinajstić information content (AvgIpc) is 2.19. The van der Waals surface area contributed by atoms with Gasteiger partial charge in [0.15, 0.2) is 0 Å². The van der Waals surface area contributed by atoms with Crippen molar-refractivity contribution in [3.63, 3.8) is 0 Å². The third-order valence-electron chi connectivity index (χ3n) is 0.994. The summed E-state index contributed by atoms with van der Waals surface area (Å²) >= 11 is 0. The number of benzene rings is 1. The van der Waals surface area contributed by atoms with Crippen LogP contribution in [0.3, 0.4) is 0 Å². The Balaban J connectivity index is 0.000000261. The Kier molecular flexibility index (Phi) is 5.84. The Morgan fingerprint density at radius 1 is 1.17 bits per heavy atom. The van der Waals surface area contributed by atoms with Gasteiger partial charge in [-0.2, -0.15) is 10.5 Å². The fraction of sp³-hybridized carbons (Fsp3) is 0. The van der Waals surface area contributed by atoms with Crippen LogP contribution in [0.25, 0.3) is 0 Å². The number of allylic oxidation sites excluding steroid dienone is 1. The van der Waals surface area contributed by atoms with Gasteiger partial charge in [-0.05, 0) is 12.1 Å². The van der Waals surface area contributed by atoms with E-state index in [0.717, 1.165) is 0 Å². The van der Waals surface area contributed by atoms with Crippen LogP contribution in [0.15, 0.2) is 43.0 Å². The van der Waals surface area contributed by atoms with Crippen molar-refractivity contribution in [3.05, 3.63) is 48.6 Å². The van der Waals surface area contributed by atoms with Crippen LogP contribution in [0, 0.1) is 22.7 Å². The molecule has 0 saturated heterocycles. The van der Waals surface area contributed by atoms with E-state index in [4.69, 9.17) is 10.5 Å². The fourth-order valence-corrected chi connectivity index (χ4v) is 0.513. The Labute approximate surface area is 72.0 Å². The maximum atomic E-state index is 8.29. The lowest BCUT2D eigenvalue weighted by Gasteiger charge is -1.80. The molecule has 0 amide bonds. The van der Waals surface area contributed by atoms with Gasteiger partial charge in [0, 0.05) is 6.08 Å². The van der Waals surface area contributed by atoms with Gasteiger partial charge in [-0.25, -0.2) is 0 Å². The van der Waals surface area contributed by atoms with Gasteiger partial charge < -0.3 is 0 Å². The molecule has 0 aromatic heterocycles. The van der Waals surface area contributed by atoms with Crippen molar-refractivity contribution in [1.29, 1.82) is 10.5 Å². The van der Waals surface area contributed by atoms with Crippen molar-refractivity contribution in [2.24, 2.45) is 0 Å². The molecule has 1 aromatic carbocycles. The number of nitrogens with zero attached hydrogens (tertiary/aromatic N) is 2. The van der Waals surface area contributed by atoms with Crippen molar-refractivity contribution in [2.45, 2.75) is 0 Å². The minimum absolute atomic E-state index is 0.715. The number of rotatable bonds is 0. The van der Waals surface area contributed by atoms with E-state index in [2.05, 4.69) is 6.58 Å². The van der Waals surface area contributed by atoms with Crippen LogP contribution in [-0.4, -0.2) is 0 Å². The van der Waals surface area contributed by atoms with Crippen molar-refractivity contribution < 1.29 is 0 Å². The normalized spacial score (nSPS) is 6.50. The number of hydrogen-bond acceptors (Lipinski definition) is 2. The monoisotopic (exact) mass is 156 g/mol. The number of hydrogen-bond donors (Lipinski definition) is 0. The summed E-state index contributed by atoms with van der Waals surface area (Å²) < 4.78 is 0. The molecule has 12 heavy (non-hydrogen) atoms. The van der Waals surface area contributed by atoms with E-state index in [1.54, 1.807) is 18.2 Å². The molecule has 0 spiro atoms. The molecule has 2 nitrogen and oxygen atoms in total. The maximum absolute atomic E-state index is 8.29. The first-order valence-electron chi connectivity index (χ1n) is 3.30. The number of nitriles is 2. The van der Waals surface area contributed by atoms with Gasteiger partial charge in [0.2, 0.25) is 0 Å². The Bertz CT molecular complexity index is 301. The second-order valence-corrected chi connectivity index (χ2v) is 1.81. The third-order valence-corrected chi connectivity index (χ3v) is 0.994. The van der Waals surface area contributed by atoms with E-state index in [9.17, 15) is 0 Å². The summed E-state index contributed by atoms with van der Waals surface area (Å²) in [5.41, 5.74) is 0.715. The Hall–Kier alpha value is -2.06. The molecule has 0 N–H and O–H groups in total. The Morgan fingerprint density at radius 3 is 1.92 bits per heavy atom. The summed E-state index contributed by atoms with van der Waals surface area (Å²) in [5.74, 6) is 0. The summed E-state index contributed by atoms with van der Waals surface area (Å²) in [6, 6.07) is 12.9. The van der Waals surface area contributed by atoms with E-state index >= 15 is 0 Å². The van der Waals surface area contributed by atoms with Gasteiger partial charge in [0.05, 0.1) is 17.7 Å². The topological polar surface area (TPSA) is 47.6 Å². The molecular formula is C10H8N2. The average molecular weight is 156 g/mol. The molecule has 0 saturated carbocycles. The molecule has 0 radical (unpaired) electrons. The van der Waals surface area contributed by atoms with Crippen LogP contribution >= 0.6 is 0 Å². The molecule has 2 heteroatoms. The molecule has 0 atom stereocenters. The van der Waals surface area contributed by atoms with Crippen molar-refractivity contribution in [2.75, 3.05) is 0 Å². The first-order valence-corrected chi connectivity index (χ1v) is 3.30. The highest BCUT2D eigenvalue weighted by atomic mass is 14.2. The second kappa shape index (κ2) is 7.05. The first kappa shape index (κ1) is 9.94. The van der Waals surface area contributed by atoms with Gasteiger partial charge >= 0.3 is 0 Å². The molecule has 0 bridgehead atoms. The van der Waals surface area contributed by atoms with Crippen LogP contribution < -0.4 is 0 Å². The summed E-state index contributed by atoms with van der Waals surface area (Å²) in [6.45, 7) is 3.12. The molecule has 0 fully saturated rings. The van der Waals surface area contributed by atoms with Crippen molar-refractivity contribution in [3.8, 4) is 12.1 Å². The molecule has 0 heterocycles. The maximum Gasteiger partial charge on any atom is 0.0991 e. The molecule has 0 unspecified atom stereocenters. The first-order chi connectivity index (χ1) is 5.85. The zero-order valence-corrected chi connectivity index (χ0v) is 6.57. The standard InChI is InChI=1S/C7H5N.C3H3N/c8-6-7-4-2-1-3-5-7;1-2-3-4/h1-5H;2H,1H2. The second-order valence-electron chi connectivity index (χ2n) is 1.81. The third kappa shape index (κ3) is 4.78. The van der Waals surface area contributed by atoms with Crippen molar-refractivity contribution in [1.82, 2.24) is 0 Å². The van der Waals surface area contributed by atoms with Gasteiger partial charge in [-0.3, -0.25) is 0 Å².